The van der Waals surface area contributed by atoms with Gasteiger partial charge < -0.3 is 0 Å². The maximum absolute atomic E-state index is 5.42. The van der Waals surface area contributed by atoms with E-state index in [9.17, 15) is 0 Å². The second-order valence-electron chi connectivity index (χ2n) is 15.1. The van der Waals surface area contributed by atoms with Crippen LogP contribution in [0.1, 0.15) is 135 Å². The zero-order chi connectivity index (χ0) is 35.8. The first-order valence-electron chi connectivity index (χ1n) is 19.5. The van der Waals surface area contributed by atoms with Crippen molar-refractivity contribution in [2.24, 2.45) is 9.98 Å². The summed E-state index contributed by atoms with van der Waals surface area (Å²) in [6, 6.07) is 39.9. The molecular formula is C49H56N2. The summed E-state index contributed by atoms with van der Waals surface area (Å²) in [6.07, 6.45) is 12.6. The molecule has 1 aliphatic heterocycles. The second kappa shape index (κ2) is 16.6. The molecule has 0 amide bonds. The molecule has 0 aromatic heterocycles. The molecule has 0 aliphatic carbocycles. The van der Waals surface area contributed by atoms with Crippen molar-refractivity contribution in [1.82, 2.24) is 0 Å². The van der Waals surface area contributed by atoms with Gasteiger partial charge in [-0.25, -0.2) is 9.98 Å². The molecule has 6 rings (SSSR count). The van der Waals surface area contributed by atoms with E-state index in [-0.39, 0.29) is 5.41 Å². The molecule has 5 aromatic carbocycles. The minimum Gasteiger partial charge on any atom is -0.247 e. The Kier molecular flexibility index (Phi) is 11.8. The Morgan fingerprint density at radius 1 is 0.510 bits per heavy atom. The number of fused-ring (bicyclic) bond motifs is 2. The van der Waals surface area contributed by atoms with Gasteiger partial charge in [-0.2, -0.15) is 0 Å². The average molecular weight is 673 g/mol. The molecule has 0 atom stereocenters. The summed E-state index contributed by atoms with van der Waals surface area (Å²) < 4.78 is 0. The molecule has 0 fully saturated rings. The van der Waals surface area contributed by atoms with E-state index >= 15 is 0 Å². The number of aryl methyl sites for hydroxylation is 4. The predicted octanol–water partition coefficient (Wildman–Crippen LogP) is 13.5. The van der Waals surface area contributed by atoms with Gasteiger partial charge in [0.15, 0.2) is 0 Å². The van der Waals surface area contributed by atoms with Crippen molar-refractivity contribution in [3.8, 4) is 0 Å². The molecule has 0 N–H and O–H groups in total. The summed E-state index contributed by atoms with van der Waals surface area (Å²) in [5.41, 5.74) is 16.5. The largest absolute Gasteiger partial charge is 0.247 e. The smallest absolute Gasteiger partial charge is 0.0803 e. The summed E-state index contributed by atoms with van der Waals surface area (Å²) in [6.45, 7) is 13.9. The highest BCUT2D eigenvalue weighted by Crippen LogP contribution is 2.38. The van der Waals surface area contributed by atoms with Crippen molar-refractivity contribution >= 4 is 22.8 Å². The van der Waals surface area contributed by atoms with E-state index in [0.717, 1.165) is 51.5 Å². The van der Waals surface area contributed by atoms with Gasteiger partial charge in [-0.1, -0.05) is 169 Å². The van der Waals surface area contributed by atoms with Gasteiger partial charge in [-0.3, -0.25) is 0 Å². The monoisotopic (exact) mass is 672 g/mol. The first kappa shape index (κ1) is 36.2. The fourth-order valence-corrected chi connectivity index (χ4v) is 7.61. The lowest BCUT2D eigenvalue weighted by molar-refractivity contribution is 0.613. The number of benzene rings is 5. The van der Waals surface area contributed by atoms with Crippen molar-refractivity contribution in [3.05, 3.63) is 165 Å². The Balaban J connectivity index is 1.38. The van der Waals surface area contributed by atoms with Gasteiger partial charge >= 0.3 is 0 Å². The minimum absolute atomic E-state index is 0.134. The fourth-order valence-electron chi connectivity index (χ4n) is 7.61. The summed E-state index contributed by atoms with van der Waals surface area (Å²) >= 11 is 0. The van der Waals surface area contributed by atoms with Gasteiger partial charge in [0, 0.05) is 27.7 Å². The van der Waals surface area contributed by atoms with E-state index in [0.29, 0.717) is 0 Å². The van der Waals surface area contributed by atoms with Crippen molar-refractivity contribution < 1.29 is 0 Å². The van der Waals surface area contributed by atoms with Gasteiger partial charge in [0.25, 0.3) is 0 Å². The van der Waals surface area contributed by atoms with Crippen LogP contribution < -0.4 is 0 Å². The second-order valence-corrected chi connectivity index (χ2v) is 15.1. The van der Waals surface area contributed by atoms with E-state index in [2.05, 4.69) is 151 Å². The lowest BCUT2D eigenvalue weighted by atomic mass is 9.73. The number of hydrogen-bond acceptors (Lipinski definition) is 2. The van der Waals surface area contributed by atoms with Gasteiger partial charge in [-0.05, 0) is 79.5 Å². The molecule has 0 radical (unpaired) electrons. The zero-order valence-corrected chi connectivity index (χ0v) is 31.9. The zero-order valence-electron chi connectivity index (χ0n) is 31.9. The number of hydrogen-bond donors (Lipinski definition) is 0. The van der Waals surface area contributed by atoms with Crippen LogP contribution in [0.3, 0.4) is 0 Å². The Morgan fingerprint density at radius 3 is 1.53 bits per heavy atom. The highest BCUT2D eigenvalue weighted by Gasteiger charge is 2.28. The molecule has 51 heavy (non-hydrogen) atoms. The summed E-state index contributed by atoms with van der Waals surface area (Å²) in [7, 11) is 0. The Morgan fingerprint density at radius 2 is 1.00 bits per heavy atom. The third kappa shape index (κ3) is 8.33. The topological polar surface area (TPSA) is 24.7 Å². The van der Waals surface area contributed by atoms with E-state index < -0.39 is 0 Å². The quantitative estimate of drug-likeness (QED) is 0.103. The van der Waals surface area contributed by atoms with Gasteiger partial charge in [0.1, 0.15) is 0 Å². The number of aliphatic imine (C=N–C) groups is 2. The minimum atomic E-state index is -0.134. The van der Waals surface area contributed by atoms with Crippen LogP contribution in [0, 0.1) is 13.8 Å². The molecule has 0 spiro atoms. The third-order valence-corrected chi connectivity index (χ3v) is 10.8. The Labute approximate surface area is 307 Å². The molecule has 1 aliphatic rings. The number of unbranched alkanes of at least 4 members (excludes halogenated alkanes) is 6. The highest BCUT2D eigenvalue weighted by molar-refractivity contribution is 6.22. The third-order valence-electron chi connectivity index (χ3n) is 10.8. The van der Waals surface area contributed by atoms with Crippen LogP contribution in [0.5, 0.6) is 0 Å². The molecule has 2 heteroatoms. The molecular weight excluding hydrogens is 617 g/mol. The summed E-state index contributed by atoms with van der Waals surface area (Å²) in [4.78, 5) is 10.8. The molecule has 5 aromatic rings. The van der Waals surface area contributed by atoms with E-state index in [1.165, 1.54) is 91.2 Å². The molecule has 0 bridgehead atoms. The van der Waals surface area contributed by atoms with Gasteiger partial charge in [-0.15, -0.1) is 0 Å². The van der Waals surface area contributed by atoms with Crippen LogP contribution in [-0.2, 0) is 18.3 Å². The Bertz CT molecular complexity index is 1990. The molecule has 1 heterocycles. The summed E-state index contributed by atoms with van der Waals surface area (Å²) in [5.74, 6) is 0. The van der Waals surface area contributed by atoms with Crippen molar-refractivity contribution in [2.75, 3.05) is 0 Å². The van der Waals surface area contributed by atoms with Crippen LogP contribution in [0.2, 0.25) is 0 Å². The lowest BCUT2D eigenvalue weighted by Crippen LogP contribution is -2.22. The standard InChI is InChI=1S/C49H56N2/c1-7-9-11-13-19-39-34-44(40(33-36(39)4)20-14-12-10-8-2)49(5,6)41-31-29-38(30-32-41)48-43-22-16-18-24-46(43)50-47(37-27-25-35(3)26-28-37)42-21-15-17-23-45(42)51-48/h15-18,21-34H,7-14,19-20H2,1-6H3. The van der Waals surface area contributed by atoms with Crippen LogP contribution in [-0.4, -0.2) is 11.4 Å². The van der Waals surface area contributed by atoms with E-state index in [4.69, 9.17) is 9.98 Å². The maximum Gasteiger partial charge on any atom is 0.0803 e. The van der Waals surface area contributed by atoms with Crippen molar-refractivity contribution in [3.63, 3.8) is 0 Å². The van der Waals surface area contributed by atoms with E-state index in [1.807, 2.05) is 0 Å². The van der Waals surface area contributed by atoms with Gasteiger partial charge in [0.2, 0.25) is 0 Å². The van der Waals surface area contributed by atoms with Crippen LogP contribution in [0.25, 0.3) is 0 Å². The number of para-hydroxylation sites is 2. The molecule has 262 valence electrons. The maximum atomic E-state index is 5.42. The van der Waals surface area contributed by atoms with Crippen molar-refractivity contribution in [1.29, 1.82) is 0 Å². The average Bonchev–Trinajstić information content (AvgIpc) is 3.14. The first-order chi connectivity index (χ1) is 24.8. The van der Waals surface area contributed by atoms with Crippen molar-refractivity contribution in [2.45, 2.75) is 111 Å². The van der Waals surface area contributed by atoms with Gasteiger partial charge in [0.05, 0.1) is 22.8 Å². The molecule has 0 saturated carbocycles. The van der Waals surface area contributed by atoms with Crippen LogP contribution in [0.15, 0.2) is 119 Å². The lowest BCUT2D eigenvalue weighted by Gasteiger charge is -2.30. The SMILES string of the molecule is CCCCCCc1cc(C(C)(C)c2ccc(C3=Nc4ccccc4C(c4ccc(C)cc4)=Nc4ccccc43)cc2)c(CCCCCC)cc1C. The Hall–Kier alpha value is -4.56. The number of nitrogens with zero attached hydrogens (tertiary/aromatic N) is 2. The molecule has 0 saturated heterocycles. The number of rotatable bonds is 14. The van der Waals surface area contributed by atoms with Crippen LogP contribution in [0.4, 0.5) is 11.4 Å². The normalized spacial score (nSPS) is 12.7. The summed E-state index contributed by atoms with van der Waals surface area (Å²) in [5, 5.41) is 0. The molecule has 0 unspecified atom stereocenters. The highest BCUT2D eigenvalue weighted by atomic mass is 14.8. The van der Waals surface area contributed by atoms with Crippen LogP contribution >= 0.6 is 0 Å². The predicted molar refractivity (Wildman–Crippen MR) is 220 cm³/mol. The molecule has 2 nitrogen and oxygen atoms in total. The van der Waals surface area contributed by atoms with E-state index in [1.54, 1.807) is 0 Å². The fraction of sp³-hybridized carbons (Fsp3) is 0.347. The first-order valence-corrected chi connectivity index (χ1v) is 19.5.